The lowest BCUT2D eigenvalue weighted by molar-refractivity contribution is -0.158. The van der Waals surface area contributed by atoms with Crippen molar-refractivity contribution >= 4 is 33.2 Å². The van der Waals surface area contributed by atoms with E-state index in [9.17, 15) is 4.79 Å². The van der Waals surface area contributed by atoms with Gasteiger partial charge in [0.15, 0.2) is 0 Å². The Kier molecular flexibility index (Phi) is 6.21. The van der Waals surface area contributed by atoms with Crippen LogP contribution in [0.1, 0.15) is 44.7 Å². The number of allylic oxidation sites excluding steroid dienone is 3. The highest BCUT2D eigenvalue weighted by atomic mass is 16.6. The molecule has 176 valence electrons. The molecule has 2 aromatic carbocycles. The van der Waals surface area contributed by atoms with Crippen molar-refractivity contribution in [1.82, 2.24) is 9.97 Å². The summed E-state index contributed by atoms with van der Waals surface area (Å²) in [6.07, 6.45) is 12.4. The number of hydrogen-bond donors (Lipinski definition) is 0. The lowest BCUT2D eigenvalue weighted by Gasteiger charge is -2.33. The second-order valence-corrected chi connectivity index (χ2v) is 10.1. The normalized spacial score (nSPS) is 16.8. The van der Waals surface area contributed by atoms with Crippen molar-refractivity contribution in [2.24, 2.45) is 5.92 Å². The molecule has 0 N–H and O–H groups in total. The summed E-state index contributed by atoms with van der Waals surface area (Å²) in [5.41, 5.74) is 5.58. The molecule has 0 saturated heterocycles. The molecule has 35 heavy (non-hydrogen) atoms. The van der Waals surface area contributed by atoms with E-state index < -0.39 is 5.60 Å². The Balaban J connectivity index is 0.000000211. The fraction of sp³-hybridized carbons (Fsp3) is 0.258. The fourth-order valence-corrected chi connectivity index (χ4v) is 4.96. The molecule has 4 nitrogen and oxygen atoms in total. The van der Waals surface area contributed by atoms with Crippen molar-refractivity contribution in [1.29, 1.82) is 0 Å². The van der Waals surface area contributed by atoms with Gasteiger partial charge in [0.25, 0.3) is 0 Å². The SMILES string of the molecule is CC(C)(C)OC(=O)C1Cc2c(ccc3ccccc23)C2=C1CCC=C2.c1cnc2ccncc2c1. The second-order valence-electron chi connectivity index (χ2n) is 10.1. The molecule has 2 aliphatic carbocycles. The predicted octanol–water partition coefficient (Wildman–Crippen LogP) is 7.09. The Bertz CT molecular complexity index is 1390. The van der Waals surface area contributed by atoms with Gasteiger partial charge >= 0.3 is 5.97 Å². The molecule has 1 unspecified atom stereocenters. The van der Waals surface area contributed by atoms with Crippen molar-refractivity contribution < 1.29 is 9.53 Å². The van der Waals surface area contributed by atoms with Crippen LogP contribution in [-0.4, -0.2) is 21.5 Å². The van der Waals surface area contributed by atoms with Crippen molar-refractivity contribution in [3.05, 3.63) is 102 Å². The third-order valence-corrected chi connectivity index (χ3v) is 6.47. The van der Waals surface area contributed by atoms with Gasteiger partial charge < -0.3 is 4.74 Å². The van der Waals surface area contributed by atoms with Crippen LogP contribution in [0.3, 0.4) is 0 Å². The van der Waals surface area contributed by atoms with Gasteiger partial charge in [-0.1, -0.05) is 48.6 Å². The Morgan fingerprint density at radius 1 is 0.971 bits per heavy atom. The van der Waals surface area contributed by atoms with E-state index in [-0.39, 0.29) is 11.9 Å². The van der Waals surface area contributed by atoms with Crippen molar-refractivity contribution in [3.8, 4) is 0 Å². The summed E-state index contributed by atoms with van der Waals surface area (Å²) >= 11 is 0. The molecule has 4 heteroatoms. The molecule has 2 aliphatic rings. The number of benzene rings is 2. The van der Waals surface area contributed by atoms with E-state index in [4.69, 9.17) is 4.74 Å². The van der Waals surface area contributed by atoms with E-state index >= 15 is 0 Å². The van der Waals surface area contributed by atoms with Gasteiger partial charge in [-0.15, -0.1) is 0 Å². The van der Waals surface area contributed by atoms with Crippen LogP contribution < -0.4 is 0 Å². The molecule has 0 fully saturated rings. The lowest BCUT2D eigenvalue weighted by Crippen LogP contribution is -2.33. The number of carbonyl (C=O) groups is 1. The van der Waals surface area contributed by atoms with E-state index in [2.05, 4.69) is 58.5 Å². The van der Waals surface area contributed by atoms with Gasteiger partial charge in [-0.3, -0.25) is 14.8 Å². The van der Waals surface area contributed by atoms with E-state index in [0.29, 0.717) is 0 Å². The van der Waals surface area contributed by atoms with Gasteiger partial charge in [-0.25, -0.2) is 0 Å². The zero-order valence-electron chi connectivity index (χ0n) is 20.5. The van der Waals surface area contributed by atoms with E-state index in [1.807, 2.05) is 45.2 Å². The van der Waals surface area contributed by atoms with Crippen LogP contribution in [0, 0.1) is 5.92 Å². The number of carbonyl (C=O) groups excluding carboxylic acids is 1. The maximum atomic E-state index is 12.9. The number of nitrogens with zero attached hydrogens (tertiary/aromatic N) is 2. The monoisotopic (exact) mass is 462 g/mol. The summed E-state index contributed by atoms with van der Waals surface area (Å²) in [5, 5.41) is 3.57. The highest BCUT2D eigenvalue weighted by molar-refractivity contribution is 5.96. The van der Waals surface area contributed by atoms with Crippen molar-refractivity contribution in [3.63, 3.8) is 0 Å². The first kappa shape index (κ1) is 23.0. The summed E-state index contributed by atoms with van der Waals surface area (Å²) in [6.45, 7) is 5.81. The molecular weight excluding hydrogens is 432 g/mol. The van der Waals surface area contributed by atoms with Gasteiger partial charge in [0.2, 0.25) is 0 Å². The molecule has 4 aromatic rings. The predicted molar refractivity (Wildman–Crippen MR) is 142 cm³/mol. The quantitative estimate of drug-likeness (QED) is 0.283. The molecular formula is C31H30N2O2. The fourth-order valence-electron chi connectivity index (χ4n) is 4.96. The van der Waals surface area contributed by atoms with Gasteiger partial charge in [0.1, 0.15) is 5.60 Å². The first-order chi connectivity index (χ1) is 16.9. The summed E-state index contributed by atoms with van der Waals surface area (Å²) < 4.78 is 5.76. The van der Waals surface area contributed by atoms with Gasteiger partial charge in [0, 0.05) is 24.0 Å². The Morgan fingerprint density at radius 3 is 2.63 bits per heavy atom. The highest BCUT2D eigenvalue weighted by Gasteiger charge is 2.35. The highest BCUT2D eigenvalue weighted by Crippen LogP contribution is 2.43. The maximum absolute atomic E-state index is 12.9. The molecule has 0 saturated carbocycles. The van der Waals surface area contributed by atoms with Crippen LogP contribution in [0.5, 0.6) is 0 Å². The van der Waals surface area contributed by atoms with Crippen LogP contribution in [0.15, 0.2) is 90.9 Å². The standard InChI is InChI=1S/C23H24O2.C8H6N2/c1-23(2,3)25-22(24)21-14-20-16-9-5-4-8-15(16)12-13-19(20)17-10-6-7-11-18(17)21;1-2-7-6-9-5-3-8(7)10-4-1/h4-6,8-10,12-13,21H,7,11,14H2,1-3H3;1-6H. The number of fused-ring (bicyclic) bond motifs is 5. The number of esters is 1. The molecule has 0 amide bonds. The van der Waals surface area contributed by atoms with Gasteiger partial charge in [-0.05, 0) is 91.3 Å². The number of pyridine rings is 2. The second kappa shape index (κ2) is 9.46. The molecule has 2 aromatic heterocycles. The minimum Gasteiger partial charge on any atom is -0.459 e. The van der Waals surface area contributed by atoms with Crippen molar-refractivity contribution in [2.45, 2.75) is 45.6 Å². The minimum absolute atomic E-state index is 0.0890. The first-order valence-electron chi connectivity index (χ1n) is 12.2. The van der Waals surface area contributed by atoms with Gasteiger partial charge in [-0.2, -0.15) is 0 Å². The van der Waals surface area contributed by atoms with Crippen LogP contribution in [-0.2, 0) is 16.0 Å². The van der Waals surface area contributed by atoms with Gasteiger partial charge in [0.05, 0.1) is 11.4 Å². The van der Waals surface area contributed by atoms with Crippen LogP contribution in [0.25, 0.3) is 27.2 Å². The maximum Gasteiger partial charge on any atom is 0.313 e. The minimum atomic E-state index is -0.457. The molecule has 0 radical (unpaired) electrons. The molecule has 1 atom stereocenters. The summed E-state index contributed by atoms with van der Waals surface area (Å²) in [4.78, 5) is 21.0. The van der Waals surface area contributed by atoms with Crippen LogP contribution >= 0.6 is 0 Å². The van der Waals surface area contributed by atoms with Crippen LogP contribution in [0.4, 0.5) is 0 Å². The van der Waals surface area contributed by atoms with Crippen molar-refractivity contribution in [2.75, 3.05) is 0 Å². The topological polar surface area (TPSA) is 52.1 Å². The number of aromatic nitrogens is 2. The zero-order valence-corrected chi connectivity index (χ0v) is 20.5. The molecule has 6 rings (SSSR count). The van der Waals surface area contributed by atoms with E-state index in [1.165, 1.54) is 33.0 Å². The van der Waals surface area contributed by atoms with E-state index in [0.717, 1.165) is 30.2 Å². The zero-order chi connectivity index (χ0) is 24.4. The van der Waals surface area contributed by atoms with Crippen LogP contribution in [0.2, 0.25) is 0 Å². The lowest BCUT2D eigenvalue weighted by atomic mass is 9.74. The Labute approximate surface area is 206 Å². The third-order valence-electron chi connectivity index (χ3n) is 6.47. The number of rotatable bonds is 1. The largest absolute Gasteiger partial charge is 0.459 e. The Morgan fingerprint density at radius 2 is 1.80 bits per heavy atom. The summed E-state index contributed by atoms with van der Waals surface area (Å²) in [7, 11) is 0. The molecule has 2 heterocycles. The van der Waals surface area contributed by atoms with E-state index in [1.54, 1.807) is 12.4 Å². The number of hydrogen-bond acceptors (Lipinski definition) is 4. The average molecular weight is 463 g/mol. The molecule has 0 spiro atoms. The first-order valence-corrected chi connectivity index (χ1v) is 12.2. The third kappa shape index (κ3) is 4.88. The Hall–Kier alpha value is -3.79. The summed E-state index contributed by atoms with van der Waals surface area (Å²) in [5.74, 6) is -0.258. The summed E-state index contributed by atoms with van der Waals surface area (Å²) in [6, 6.07) is 18.6. The smallest absolute Gasteiger partial charge is 0.313 e. The molecule has 0 aliphatic heterocycles. The average Bonchev–Trinajstić information content (AvgIpc) is 2.87. The number of ether oxygens (including phenoxy) is 1. The molecule has 0 bridgehead atoms.